The van der Waals surface area contributed by atoms with Gasteiger partial charge in [0.1, 0.15) is 17.2 Å². The maximum absolute atomic E-state index is 13.5. The third-order valence-electron chi connectivity index (χ3n) is 3.44. The predicted octanol–water partition coefficient (Wildman–Crippen LogP) is 2.20. The van der Waals surface area contributed by atoms with Crippen molar-refractivity contribution in [2.45, 2.75) is 19.4 Å². The number of amides is 1. The van der Waals surface area contributed by atoms with Gasteiger partial charge in [-0.3, -0.25) is 4.79 Å². The number of halogens is 3. The molecule has 0 aliphatic carbocycles. The number of nitrogens with two attached hydrogens (primary N) is 1. The second-order valence-corrected chi connectivity index (χ2v) is 4.78. The molecule has 2 atom stereocenters. The van der Waals surface area contributed by atoms with E-state index in [2.05, 4.69) is 0 Å². The molecule has 1 aromatic carbocycles. The summed E-state index contributed by atoms with van der Waals surface area (Å²) in [5.74, 6) is -2.09. The van der Waals surface area contributed by atoms with Crippen molar-refractivity contribution >= 4 is 18.3 Å². The van der Waals surface area contributed by atoms with E-state index in [4.69, 9.17) is 5.73 Å². The molecule has 19 heavy (non-hydrogen) atoms. The highest BCUT2D eigenvalue weighted by atomic mass is 35.5. The molecule has 2 unspecified atom stereocenters. The molecule has 0 aromatic heterocycles. The summed E-state index contributed by atoms with van der Waals surface area (Å²) in [5.41, 5.74) is 5.38. The van der Waals surface area contributed by atoms with Gasteiger partial charge in [0, 0.05) is 19.1 Å². The van der Waals surface area contributed by atoms with Crippen LogP contribution < -0.4 is 5.73 Å². The number of likely N-dealkylation sites (tertiary alicyclic amines) is 1. The quantitative estimate of drug-likeness (QED) is 0.862. The normalized spacial score (nSPS) is 22.8. The lowest BCUT2D eigenvalue weighted by Gasteiger charge is -2.35. The van der Waals surface area contributed by atoms with Gasteiger partial charge in [-0.15, -0.1) is 12.4 Å². The summed E-state index contributed by atoms with van der Waals surface area (Å²) in [6, 6.07) is 3.47. The zero-order chi connectivity index (χ0) is 13.3. The number of carbonyl (C=O) groups excluding carboxylic acids is 1. The van der Waals surface area contributed by atoms with Crippen LogP contribution in [0.5, 0.6) is 0 Å². The van der Waals surface area contributed by atoms with Crippen molar-refractivity contribution in [3.63, 3.8) is 0 Å². The van der Waals surface area contributed by atoms with Crippen LogP contribution >= 0.6 is 12.4 Å². The Balaban J connectivity index is 0.00000180. The Hall–Kier alpha value is -1.20. The molecule has 0 saturated carbocycles. The van der Waals surface area contributed by atoms with E-state index in [0.29, 0.717) is 19.5 Å². The predicted molar refractivity (Wildman–Crippen MR) is 71.3 cm³/mol. The maximum atomic E-state index is 13.5. The Morgan fingerprint density at radius 2 is 1.95 bits per heavy atom. The van der Waals surface area contributed by atoms with Gasteiger partial charge >= 0.3 is 0 Å². The molecule has 1 heterocycles. The fourth-order valence-corrected chi connectivity index (χ4v) is 2.21. The van der Waals surface area contributed by atoms with Gasteiger partial charge in [-0.1, -0.05) is 13.0 Å². The van der Waals surface area contributed by atoms with Crippen LogP contribution in [0.2, 0.25) is 0 Å². The van der Waals surface area contributed by atoms with Crippen LogP contribution in [0.15, 0.2) is 18.2 Å². The maximum Gasteiger partial charge on any atom is 0.259 e. The molecule has 2 rings (SSSR count). The van der Waals surface area contributed by atoms with Crippen molar-refractivity contribution < 1.29 is 13.6 Å². The van der Waals surface area contributed by atoms with Gasteiger partial charge in [0.15, 0.2) is 0 Å². The summed E-state index contributed by atoms with van der Waals surface area (Å²) in [4.78, 5) is 13.6. The van der Waals surface area contributed by atoms with E-state index in [1.807, 2.05) is 6.92 Å². The summed E-state index contributed by atoms with van der Waals surface area (Å²) < 4.78 is 27.0. The molecule has 0 spiro atoms. The first kappa shape index (κ1) is 15.9. The number of piperidine rings is 1. The van der Waals surface area contributed by atoms with E-state index < -0.39 is 23.1 Å². The molecule has 1 aliphatic rings. The molecular formula is C13H17ClF2N2O. The third kappa shape index (κ3) is 3.22. The SMILES string of the molecule is CC1CN(C(=O)c2c(F)cccc2F)CCC1N.Cl. The Kier molecular flexibility index (Phi) is 5.26. The molecule has 1 saturated heterocycles. The molecular weight excluding hydrogens is 274 g/mol. The van der Waals surface area contributed by atoms with Crippen LogP contribution in [0, 0.1) is 17.6 Å². The molecule has 1 fully saturated rings. The van der Waals surface area contributed by atoms with Crippen LogP contribution in [0.4, 0.5) is 8.78 Å². The Morgan fingerprint density at radius 1 is 1.37 bits per heavy atom. The summed E-state index contributed by atoms with van der Waals surface area (Å²) in [5, 5.41) is 0. The van der Waals surface area contributed by atoms with Crippen LogP contribution in [0.1, 0.15) is 23.7 Å². The lowest BCUT2D eigenvalue weighted by Crippen LogP contribution is -2.48. The van der Waals surface area contributed by atoms with E-state index in [1.54, 1.807) is 0 Å². The van der Waals surface area contributed by atoms with Gasteiger partial charge in [0.2, 0.25) is 0 Å². The summed E-state index contributed by atoms with van der Waals surface area (Å²) in [6.07, 6.45) is 0.656. The molecule has 6 heteroatoms. The van der Waals surface area contributed by atoms with Crippen molar-refractivity contribution in [2.75, 3.05) is 13.1 Å². The highest BCUT2D eigenvalue weighted by Gasteiger charge is 2.29. The lowest BCUT2D eigenvalue weighted by atomic mass is 9.94. The summed E-state index contributed by atoms with van der Waals surface area (Å²) >= 11 is 0. The van der Waals surface area contributed by atoms with E-state index in [9.17, 15) is 13.6 Å². The Morgan fingerprint density at radius 3 is 2.47 bits per heavy atom. The second-order valence-electron chi connectivity index (χ2n) is 4.78. The topological polar surface area (TPSA) is 46.3 Å². The van der Waals surface area contributed by atoms with Crippen LogP contribution in [-0.4, -0.2) is 29.9 Å². The van der Waals surface area contributed by atoms with Crippen LogP contribution in [-0.2, 0) is 0 Å². The molecule has 1 aliphatic heterocycles. The summed E-state index contributed by atoms with van der Waals surface area (Å²) in [7, 11) is 0. The first-order chi connectivity index (χ1) is 8.50. The van der Waals surface area contributed by atoms with Gasteiger partial charge in [-0.2, -0.15) is 0 Å². The van der Waals surface area contributed by atoms with E-state index in [0.717, 1.165) is 12.1 Å². The molecule has 1 amide bonds. The van der Waals surface area contributed by atoms with E-state index in [1.165, 1.54) is 11.0 Å². The minimum Gasteiger partial charge on any atom is -0.338 e. The van der Waals surface area contributed by atoms with Crippen molar-refractivity contribution in [3.05, 3.63) is 35.4 Å². The number of benzene rings is 1. The highest BCUT2D eigenvalue weighted by Crippen LogP contribution is 2.20. The minimum atomic E-state index is -0.817. The molecule has 1 aromatic rings. The fourth-order valence-electron chi connectivity index (χ4n) is 2.21. The number of hydrogen-bond donors (Lipinski definition) is 1. The standard InChI is InChI=1S/C13H16F2N2O.ClH/c1-8-7-17(6-5-11(8)16)13(18)12-9(14)3-2-4-10(12)15;/h2-4,8,11H,5-7,16H2,1H3;1H. The van der Waals surface area contributed by atoms with Crippen LogP contribution in [0.25, 0.3) is 0 Å². The monoisotopic (exact) mass is 290 g/mol. The van der Waals surface area contributed by atoms with Crippen LogP contribution in [0.3, 0.4) is 0 Å². The van der Waals surface area contributed by atoms with Crippen molar-refractivity contribution in [2.24, 2.45) is 11.7 Å². The van der Waals surface area contributed by atoms with Crippen molar-refractivity contribution in [1.82, 2.24) is 4.90 Å². The number of carbonyl (C=O) groups is 1. The smallest absolute Gasteiger partial charge is 0.259 e. The number of rotatable bonds is 1. The fraction of sp³-hybridized carbons (Fsp3) is 0.462. The molecule has 0 radical (unpaired) electrons. The minimum absolute atomic E-state index is 0. The van der Waals surface area contributed by atoms with Crippen molar-refractivity contribution in [1.29, 1.82) is 0 Å². The molecule has 106 valence electrons. The number of nitrogens with zero attached hydrogens (tertiary/aromatic N) is 1. The first-order valence-electron chi connectivity index (χ1n) is 5.99. The largest absolute Gasteiger partial charge is 0.338 e. The van der Waals surface area contributed by atoms with Gasteiger partial charge in [0.25, 0.3) is 5.91 Å². The van der Waals surface area contributed by atoms with Crippen molar-refractivity contribution in [3.8, 4) is 0 Å². The Labute approximate surface area is 117 Å². The van der Waals surface area contributed by atoms with E-state index >= 15 is 0 Å². The van der Waals surface area contributed by atoms with Gasteiger partial charge in [-0.05, 0) is 24.5 Å². The third-order valence-corrected chi connectivity index (χ3v) is 3.44. The zero-order valence-electron chi connectivity index (χ0n) is 10.6. The average Bonchev–Trinajstić information content (AvgIpc) is 2.32. The molecule has 0 bridgehead atoms. The molecule has 2 N–H and O–H groups in total. The summed E-state index contributed by atoms with van der Waals surface area (Å²) in [6.45, 7) is 2.81. The van der Waals surface area contributed by atoms with Gasteiger partial charge < -0.3 is 10.6 Å². The lowest BCUT2D eigenvalue weighted by molar-refractivity contribution is 0.0654. The second kappa shape index (κ2) is 6.30. The number of hydrogen-bond acceptors (Lipinski definition) is 2. The Bertz CT molecular complexity index is 450. The van der Waals surface area contributed by atoms with E-state index in [-0.39, 0.29) is 24.4 Å². The van der Waals surface area contributed by atoms with Gasteiger partial charge in [-0.25, -0.2) is 8.78 Å². The highest BCUT2D eigenvalue weighted by molar-refractivity contribution is 5.94. The average molecular weight is 291 g/mol. The zero-order valence-corrected chi connectivity index (χ0v) is 11.4. The van der Waals surface area contributed by atoms with Gasteiger partial charge in [0.05, 0.1) is 0 Å². The first-order valence-corrected chi connectivity index (χ1v) is 5.99. The molecule has 3 nitrogen and oxygen atoms in total.